The number of nitrogens with two attached hydrogens (primary N) is 1. The van der Waals surface area contributed by atoms with Crippen LogP contribution in [0.25, 0.3) is 11.1 Å². The van der Waals surface area contributed by atoms with Crippen molar-refractivity contribution in [1.29, 1.82) is 0 Å². The van der Waals surface area contributed by atoms with Crippen molar-refractivity contribution < 1.29 is 9.53 Å². The molecule has 2 atom stereocenters. The van der Waals surface area contributed by atoms with E-state index in [1.54, 1.807) is 0 Å². The number of esters is 1. The molecule has 0 saturated heterocycles. The molecule has 0 aliphatic heterocycles. The van der Waals surface area contributed by atoms with Crippen molar-refractivity contribution in [2.24, 2.45) is 11.7 Å². The number of rotatable bonds is 7. The van der Waals surface area contributed by atoms with Crippen LogP contribution in [0.5, 0.6) is 0 Å². The first kappa shape index (κ1) is 18.2. The van der Waals surface area contributed by atoms with Gasteiger partial charge >= 0.3 is 5.97 Å². The number of hydrogen-bond acceptors (Lipinski definition) is 3. The highest BCUT2D eigenvalue weighted by Crippen LogP contribution is 2.21. The minimum absolute atomic E-state index is 0.0470. The zero-order chi connectivity index (χ0) is 17.5. The summed E-state index contributed by atoms with van der Waals surface area (Å²) in [5, 5.41) is 0. The van der Waals surface area contributed by atoms with Gasteiger partial charge in [-0.2, -0.15) is 0 Å². The summed E-state index contributed by atoms with van der Waals surface area (Å²) in [7, 11) is 0. The summed E-state index contributed by atoms with van der Waals surface area (Å²) in [6.45, 7) is 6.21. The molecule has 3 heteroatoms. The molecule has 128 valence electrons. The molecule has 0 aromatic heterocycles. The fourth-order valence-corrected chi connectivity index (χ4v) is 2.88. The van der Waals surface area contributed by atoms with E-state index in [0.29, 0.717) is 13.0 Å². The molecule has 0 saturated carbocycles. The van der Waals surface area contributed by atoms with Gasteiger partial charge in [0.15, 0.2) is 0 Å². The Morgan fingerprint density at radius 2 is 1.83 bits per heavy atom. The molecule has 24 heavy (non-hydrogen) atoms. The lowest BCUT2D eigenvalue weighted by molar-refractivity contribution is -0.147. The minimum atomic E-state index is -0.164. The Labute approximate surface area is 144 Å². The first-order valence-corrected chi connectivity index (χ1v) is 8.57. The van der Waals surface area contributed by atoms with Gasteiger partial charge in [-0.15, -0.1) is 0 Å². The Kier molecular flexibility index (Phi) is 6.56. The second kappa shape index (κ2) is 8.65. The third kappa shape index (κ3) is 5.20. The second-order valence-electron chi connectivity index (χ2n) is 6.42. The summed E-state index contributed by atoms with van der Waals surface area (Å²) in [5.41, 5.74) is 11.1. The van der Waals surface area contributed by atoms with Gasteiger partial charge in [-0.25, -0.2) is 0 Å². The van der Waals surface area contributed by atoms with Crippen molar-refractivity contribution >= 4 is 5.97 Å². The van der Waals surface area contributed by atoms with Crippen LogP contribution in [0, 0.1) is 12.8 Å². The van der Waals surface area contributed by atoms with Gasteiger partial charge in [-0.1, -0.05) is 61.0 Å². The van der Waals surface area contributed by atoms with Gasteiger partial charge in [0.25, 0.3) is 0 Å². The van der Waals surface area contributed by atoms with E-state index in [-0.39, 0.29) is 17.9 Å². The number of hydrogen-bond donors (Lipinski definition) is 1. The summed E-state index contributed by atoms with van der Waals surface area (Å²) >= 11 is 0. The van der Waals surface area contributed by atoms with Crippen LogP contribution in [0.4, 0.5) is 0 Å². The monoisotopic (exact) mass is 325 g/mol. The van der Waals surface area contributed by atoms with Crippen LogP contribution in [0.2, 0.25) is 0 Å². The first-order chi connectivity index (χ1) is 11.5. The summed E-state index contributed by atoms with van der Waals surface area (Å²) in [5.74, 6) is -0.325. The lowest BCUT2D eigenvalue weighted by atomic mass is 9.95. The van der Waals surface area contributed by atoms with E-state index in [9.17, 15) is 4.79 Å². The predicted molar refractivity (Wildman–Crippen MR) is 98.7 cm³/mol. The molecule has 0 spiro atoms. The summed E-state index contributed by atoms with van der Waals surface area (Å²) in [4.78, 5) is 11.7. The molecular formula is C21H27NO2. The van der Waals surface area contributed by atoms with E-state index >= 15 is 0 Å². The number of aryl methyl sites for hydroxylation is 1. The maximum absolute atomic E-state index is 11.7. The quantitative estimate of drug-likeness (QED) is 0.779. The average molecular weight is 325 g/mol. The molecule has 0 heterocycles. The highest BCUT2D eigenvalue weighted by Gasteiger charge is 2.17. The molecule has 0 aliphatic rings. The maximum atomic E-state index is 11.7. The van der Waals surface area contributed by atoms with Gasteiger partial charge in [0.05, 0.1) is 12.5 Å². The number of carbonyl (C=O) groups is 1. The molecule has 2 aromatic carbocycles. The van der Waals surface area contributed by atoms with E-state index in [0.717, 1.165) is 6.42 Å². The molecule has 2 unspecified atom stereocenters. The van der Waals surface area contributed by atoms with Crippen LogP contribution in [0.1, 0.15) is 31.4 Å². The molecule has 2 N–H and O–H groups in total. The van der Waals surface area contributed by atoms with Gasteiger partial charge in [0.1, 0.15) is 0 Å². The minimum Gasteiger partial charge on any atom is -0.466 e. The third-order valence-electron chi connectivity index (χ3n) is 4.15. The highest BCUT2D eigenvalue weighted by atomic mass is 16.5. The van der Waals surface area contributed by atoms with Crippen LogP contribution in [-0.2, 0) is 16.0 Å². The van der Waals surface area contributed by atoms with E-state index < -0.39 is 0 Å². The Morgan fingerprint density at radius 1 is 1.12 bits per heavy atom. The van der Waals surface area contributed by atoms with Crippen LogP contribution >= 0.6 is 0 Å². The van der Waals surface area contributed by atoms with E-state index in [4.69, 9.17) is 10.5 Å². The van der Waals surface area contributed by atoms with Crippen LogP contribution < -0.4 is 5.73 Å². The van der Waals surface area contributed by atoms with Crippen LogP contribution in [-0.4, -0.2) is 18.6 Å². The number of carbonyl (C=O) groups excluding carboxylic acids is 1. The van der Waals surface area contributed by atoms with Gasteiger partial charge < -0.3 is 10.5 Å². The topological polar surface area (TPSA) is 52.3 Å². The maximum Gasteiger partial charge on any atom is 0.308 e. The molecule has 0 bridgehead atoms. The Bertz CT molecular complexity index is 664. The Morgan fingerprint density at radius 3 is 2.46 bits per heavy atom. The molecule has 0 fully saturated rings. The molecule has 2 aromatic rings. The van der Waals surface area contributed by atoms with Crippen LogP contribution in [0.3, 0.4) is 0 Å². The molecule has 0 aliphatic carbocycles. The lowest BCUT2D eigenvalue weighted by Crippen LogP contribution is -2.29. The summed E-state index contributed by atoms with van der Waals surface area (Å²) in [6.07, 6.45) is 1.40. The molecular weight excluding hydrogens is 298 g/mol. The fourth-order valence-electron chi connectivity index (χ4n) is 2.88. The Hall–Kier alpha value is -2.13. The highest BCUT2D eigenvalue weighted by molar-refractivity contribution is 5.72. The smallest absolute Gasteiger partial charge is 0.308 e. The van der Waals surface area contributed by atoms with Crippen molar-refractivity contribution in [2.45, 2.75) is 39.7 Å². The lowest BCUT2D eigenvalue weighted by Gasteiger charge is -2.16. The van der Waals surface area contributed by atoms with Gasteiger partial charge in [0.2, 0.25) is 0 Å². The standard InChI is InChI=1S/C21H27NO2/c1-4-24-21(23)16(3)13-20(22)14-17-8-10-18(11-9-17)19-7-5-6-15(2)12-19/h5-12,16,20H,4,13-14,22H2,1-3H3. The number of ether oxygens (including phenoxy) is 1. The van der Waals surface area contributed by atoms with E-state index in [2.05, 4.69) is 55.5 Å². The van der Waals surface area contributed by atoms with Gasteiger partial charge in [-0.3, -0.25) is 4.79 Å². The third-order valence-corrected chi connectivity index (χ3v) is 4.15. The van der Waals surface area contributed by atoms with Crippen molar-refractivity contribution in [3.63, 3.8) is 0 Å². The van der Waals surface area contributed by atoms with Crippen molar-refractivity contribution in [2.75, 3.05) is 6.61 Å². The normalized spacial score (nSPS) is 13.3. The van der Waals surface area contributed by atoms with E-state index in [1.165, 1.54) is 22.3 Å². The molecule has 3 nitrogen and oxygen atoms in total. The van der Waals surface area contributed by atoms with Gasteiger partial charge in [-0.05, 0) is 43.4 Å². The van der Waals surface area contributed by atoms with Gasteiger partial charge in [0, 0.05) is 6.04 Å². The summed E-state index contributed by atoms with van der Waals surface area (Å²) < 4.78 is 5.03. The predicted octanol–water partition coefficient (Wildman–Crippen LogP) is 4.12. The van der Waals surface area contributed by atoms with Crippen LogP contribution in [0.15, 0.2) is 48.5 Å². The molecule has 2 rings (SSSR count). The van der Waals surface area contributed by atoms with Crippen molar-refractivity contribution in [3.05, 3.63) is 59.7 Å². The number of benzene rings is 2. The zero-order valence-electron chi connectivity index (χ0n) is 14.8. The second-order valence-corrected chi connectivity index (χ2v) is 6.42. The van der Waals surface area contributed by atoms with E-state index in [1.807, 2.05) is 13.8 Å². The average Bonchev–Trinajstić information content (AvgIpc) is 2.55. The zero-order valence-corrected chi connectivity index (χ0v) is 14.8. The molecule has 0 amide bonds. The largest absolute Gasteiger partial charge is 0.466 e. The van der Waals surface area contributed by atoms with Crippen molar-refractivity contribution in [3.8, 4) is 11.1 Å². The fraction of sp³-hybridized carbons (Fsp3) is 0.381. The first-order valence-electron chi connectivity index (χ1n) is 8.57. The van der Waals surface area contributed by atoms with Crippen molar-refractivity contribution in [1.82, 2.24) is 0 Å². The summed E-state index contributed by atoms with van der Waals surface area (Å²) in [6, 6.07) is 16.9. The molecule has 0 radical (unpaired) electrons. The SMILES string of the molecule is CCOC(=O)C(C)CC(N)Cc1ccc(-c2cccc(C)c2)cc1. The Balaban J connectivity index is 1.95.